The molecule has 1 aliphatic heterocycles. The Morgan fingerprint density at radius 1 is 1.42 bits per heavy atom. The molecule has 0 saturated carbocycles. The van der Waals surface area contributed by atoms with Crippen molar-refractivity contribution >= 4 is 16.8 Å². The molecule has 1 atom stereocenters. The number of likely N-dealkylation sites (tertiary alicyclic amines) is 1. The predicted molar refractivity (Wildman–Crippen MR) is 96.3 cm³/mol. The van der Waals surface area contributed by atoms with Gasteiger partial charge in [0.2, 0.25) is 0 Å². The van der Waals surface area contributed by atoms with Gasteiger partial charge in [-0.2, -0.15) is 0 Å². The minimum absolute atomic E-state index is 0.0289. The molecule has 5 nitrogen and oxygen atoms in total. The number of aliphatic hydroxyl groups excluding tert-OH is 1. The van der Waals surface area contributed by atoms with E-state index < -0.39 is 0 Å². The van der Waals surface area contributed by atoms with Gasteiger partial charge in [-0.05, 0) is 43.4 Å². The third-order valence-electron chi connectivity index (χ3n) is 4.97. The fraction of sp³-hybridized carbons (Fsp3) is 0.526. The number of fused-ring (bicyclic) bond motifs is 1. The Hall–Kier alpha value is -1.85. The van der Waals surface area contributed by atoms with E-state index >= 15 is 0 Å². The van der Waals surface area contributed by atoms with Crippen LogP contribution in [0.3, 0.4) is 0 Å². The maximum Gasteiger partial charge on any atom is 0.268 e. The lowest BCUT2D eigenvalue weighted by Gasteiger charge is -2.31. The lowest BCUT2D eigenvalue weighted by atomic mass is 9.99. The smallest absolute Gasteiger partial charge is 0.268 e. The van der Waals surface area contributed by atoms with E-state index in [0.717, 1.165) is 55.4 Å². The molecule has 0 bridgehead atoms. The molecular weight excluding hydrogens is 302 g/mol. The molecule has 1 amide bonds. The zero-order chi connectivity index (χ0) is 16.9. The van der Waals surface area contributed by atoms with Gasteiger partial charge in [-0.3, -0.25) is 4.79 Å². The molecule has 0 spiro atoms. The monoisotopic (exact) mass is 329 g/mol. The van der Waals surface area contributed by atoms with Gasteiger partial charge in [0.1, 0.15) is 5.69 Å². The minimum Gasteiger partial charge on any atom is -0.396 e. The summed E-state index contributed by atoms with van der Waals surface area (Å²) in [6, 6.07) is 8.05. The van der Waals surface area contributed by atoms with Gasteiger partial charge in [-0.1, -0.05) is 25.1 Å². The highest BCUT2D eigenvalue weighted by Gasteiger charge is 2.20. The van der Waals surface area contributed by atoms with Crippen LogP contribution in [0, 0.1) is 5.92 Å². The van der Waals surface area contributed by atoms with E-state index in [2.05, 4.69) is 28.2 Å². The van der Waals surface area contributed by atoms with E-state index in [4.69, 9.17) is 0 Å². The minimum atomic E-state index is -0.0289. The number of hydrogen-bond acceptors (Lipinski definition) is 3. The summed E-state index contributed by atoms with van der Waals surface area (Å²) >= 11 is 0. The van der Waals surface area contributed by atoms with Crippen LogP contribution in [0.4, 0.5) is 0 Å². The van der Waals surface area contributed by atoms with Crippen LogP contribution in [-0.2, 0) is 6.42 Å². The molecule has 0 aliphatic carbocycles. The van der Waals surface area contributed by atoms with Crippen molar-refractivity contribution in [3.05, 3.63) is 35.5 Å². The molecule has 24 heavy (non-hydrogen) atoms. The summed E-state index contributed by atoms with van der Waals surface area (Å²) in [5, 5.41) is 13.5. The van der Waals surface area contributed by atoms with E-state index in [1.165, 1.54) is 0 Å². The number of aromatic amines is 1. The first-order chi connectivity index (χ1) is 11.7. The molecule has 2 aromatic rings. The van der Waals surface area contributed by atoms with Gasteiger partial charge in [0.25, 0.3) is 5.91 Å². The Morgan fingerprint density at radius 3 is 3.04 bits per heavy atom. The second-order valence-electron chi connectivity index (χ2n) is 6.63. The van der Waals surface area contributed by atoms with Crippen LogP contribution in [0.15, 0.2) is 24.3 Å². The molecule has 5 heteroatoms. The highest BCUT2D eigenvalue weighted by Crippen LogP contribution is 2.22. The number of aryl methyl sites for hydroxylation is 1. The fourth-order valence-electron chi connectivity index (χ4n) is 3.68. The number of aromatic nitrogens is 1. The Morgan fingerprint density at radius 2 is 2.25 bits per heavy atom. The summed E-state index contributed by atoms with van der Waals surface area (Å²) in [5.74, 6) is 0.355. The summed E-state index contributed by atoms with van der Waals surface area (Å²) < 4.78 is 0. The number of para-hydroxylation sites is 1. The molecule has 130 valence electrons. The predicted octanol–water partition coefficient (Wildman–Crippen LogP) is 2.16. The standard InChI is InChI=1S/C19H27N3O2/c1-2-15-16-7-3-4-8-17(16)21-18(15)19(24)20-9-11-22-10-5-6-14(12-22)13-23/h3-4,7-8,14,21,23H,2,5-6,9-13H2,1H3,(H,20,24)/t14-/m1/s1. The average Bonchev–Trinajstić information content (AvgIpc) is 3.00. The second kappa shape index (κ2) is 7.81. The van der Waals surface area contributed by atoms with Crippen LogP contribution in [0.25, 0.3) is 10.9 Å². The molecule has 0 unspecified atom stereocenters. The van der Waals surface area contributed by atoms with Crippen molar-refractivity contribution in [2.75, 3.05) is 32.8 Å². The molecule has 1 aromatic heterocycles. The number of benzene rings is 1. The van der Waals surface area contributed by atoms with E-state index in [1.807, 2.05) is 18.2 Å². The highest BCUT2D eigenvalue weighted by molar-refractivity contribution is 6.01. The van der Waals surface area contributed by atoms with Crippen LogP contribution in [0.1, 0.15) is 35.8 Å². The number of nitrogens with one attached hydrogen (secondary N) is 2. The van der Waals surface area contributed by atoms with Crippen LogP contribution in [0.2, 0.25) is 0 Å². The molecule has 3 N–H and O–H groups in total. The van der Waals surface area contributed by atoms with E-state index in [1.54, 1.807) is 0 Å². The lowest BCUT2D eigenvalue weighted by molar-refractivity contribution is 0.0926. The normalized spacial score (nSPS) is 18.8. The second-order valence-corrected chi connectivity index (χ2v) is 6.63. The van der Waals surface area contributed by atoms with Crippen molar-refractivity contribution in [1.29, 1.82) is 0 Å². The Kier molecular flexibility index (Phi) is 5.53. The summed E-state index contributed by atoms with van der Waals surface area (Å²) in [5.41, 5.74) is 2.79. The van der Waals surface area contributed by atoms with Crippen molar-refractivity contribution in [3.63, 3.8) is 0 Å². The summed E-state index contributed by atoms with van der Waals surface area (Å²) in [6.45, 7) is 5.80. The maximum atomic E-state index is 12.6. The number of rotatable bonds is 6. The quantitative estimate of drug-likeness (QED) is 0.761. The zero-order valence-corrected chi connectivity index (χ0v) is 14.3. The molecule has 0 radical (unpaired) electrons. The largest absolute Gasteiger partial charge is 0.396 e. The van der Waals surface area contributed by atoms with E-state index in [-0.39, 0.29) is 12.5 Å². The number of nitrogens with zero attached hydrogens (tertiary/aromatic N) is 1. The first-order valence-corrected chi connectivity index (χ1v) is 8.94. The van der Waals surface area contributed by atoms with Crippen LogP contribution < -0.4 is 5.32 Å². The van der Waals surface area contributed by atoms with Crippen LogP contribution in [0.5, 0.6) is 0 Å². The van der Waals surface area contributed by atoms with Crippen molar-refractivity contribution in [2.45, 2.75) is 26.2 Å². The third kappa shape index (κ3) is 3.62. The lowest BCUT2D eigenvalue weighted by Crippen LogP contribution is -2.41. The number of hydrogen-bond donors (Lipinski definition) is 3. The topological polar surface area (TPSA) is 68.4 Å². The molecule has 1 saturated heterocycles. The molecule has 3 rings (SSSR count). The summed E-state index contributed by atoms with van der Waals surface area (Å²) in [4.78, 5) is 18.1. The molecule has 2 heterocycles. The van der Waals surface area contributed by atoms with Crippen molar-refractivity contribution in [3.8, 4) is 0 Å². The average molecular weight is 329 g/mol. The molecule has 1 fully saturated rings. The maximum absolute atomic E-state index is 12.6. The Labute approximate surface area is 143 Å². The third-order valence-corrected chi connectivity index (χ3v) is 4.97. The number of carbonyl (C=O) groups excluding carboxylic acids is 1. The SMILES string of the molecule is CCc1c(C(=O)NCCN2CCC[C@@H](CO)C2)[nH]c2ccccc12. The fourth-order valence-corrected chi connectivity index (χ4v) is 3.68. The molecule has 1 aromatic carbocycles. The number of amides is 1. The van der Waals surface area contributed by atoms with Gasteiger partial charge in [0, 0.05) is 37.1 Å². The highest BCUT2D eigenvalue weighted by atomic mass is 16.3. The van der Waals surface area contributed by atoms with Gasteiger partial charge >= 0.3 is 0 Å². The van der Waals surface area contributed by atoms with Gasteiger partial charge in [0.05, 0.1) is 0 Å². The number of piperidine rings is 1. The van der Waals surface area contributed by atoms with Crippen molar-refractivity contribution in [1.82, 2.24) is 15.2 Å². The van der Waals surface area contributed by atoms with E-state index in [0.29, 0.717) is 18.2 Å². The first kappa shape index (κ1) is 17.0. The number of H-pyrrole nitrogens is 1. The Balaban J connectivity index is 1.59. The van der Waals surface area contributed by atoms with Gasteiger partial charge in [0.15, 0.2) is 0 Å². The van der Waals surface area contributed by atoms with Gasteiger partial charge < -0.3 is 20.3 Å². The molecule has 1 aliphatic rings. The van der Waals surface area contributed by atoms with Crippen LogP contribution in [-0.4, -0.2) is 53.7 Å². The van der Waals surface area contributed by atoms with Crippen LogP contribution >= 0.6 is 0 Å². The number of aliphatic hydroxyl groups is 1. The summed E-state index contributed by atoms with van der Waals surface area (Å²) in [7, 11) is 0. The van der Waals surface area contributed by atoms with Crippen molar-refractivity contribution in [2.24, 2.45) is 5.92 Å². The zero-order valence-electron chi connectivity index (χ0n) is 14.3. The van der Waals surface area contributed by atoms with Gasteiger partial charge in [-0.15, -0.1) is 0 Å². The molecular formula is C19H27N3O2. The summed E-state index contributed by atoms with van der Waals surface area (Å²) in [6.07, 6.45) is 3.06. The number of carbonyl (C=O) groups is 1. The van der Waals surface area contributed by atoms with E-state index in [9.17, 15) is 9.90 Å². The first-order valence-electron chi connectivity index (χ1n) is 8.94. The van der Waals surface area contributed by atoms with Crippen molar-refractivity contribution < 1.29 is 9.90 Å². The van der Waals surface area contributed by atoms with Gasteiger partial charge in [-0.25, -0.2) is 0 Å². The Bertz CT molecular complexity index is 695.